The highest BCUT2D eigenvalue weighted by atomic mass is 127. The first-order valence-electron chi connectivity index (χ1n) is 3.46. The fourth-order valence-electron chi connectivity index (χ4n) is 0.574. The van der Waals surface area contributed by atoms with Gasteiger partial charge < -0.3 is 0 Å². The zero-order valence-electron chi connectivity index (χ0n) is 6.97. The van der Waals surface area contributed by atoms with Gasteiger partial charge in [-0.05, 0) is 40.0 Å². The van der Waals surface area contributed by atoms with E-state index in [0.717, 1.165) is 0 Å². The van der Waals surface area contributed by atoms with Crippen molar-refractivity contribution in [2.45, 2.75) is 13.8 Å². The Kier molecular flexibility index (Phi) is 6.22. The second kappa shape index (κ2) is 6.40. The van der Waals surface area contributed by atoms with Gasteiger partial charge in [0, 0.05) is 0 Å². The molecule has 0 spiro atoms. The Morgan fingerprint density at radius 1 is 1.27 bits per heavy atom. The molecule has 0 nitrogen and oxygen atoms in total. The van der Waals surface area contributed by atoms with Gasteiger partial charge in [-0.2, -0.15) is 0 Å². The number of rotatable bonds is 3. The molecule has 0 N–H and O–H groups in total. The van der Waals surface area contributed by atoms with Crippen LogP contribution < -0.4 is 0 Å². The largest absolute Gasteiger partial charge is 0.0991 e. The van der Waals surface area contributed by atoms with Gasteiger partial charge in [-0.1, -0.05) is 42.5 Å². The minimum Gasteiger partial charge on any atom is -0.0991 e. The van der Waals surface area contributed by atoms with Crippen LogP contribution in [0, 0.1) is 0 Å². The molecule has 0 saturated carbocycles. The van der Waals surface area contributed by atoms with Crippen LogP contribution in [0.15, 0.2) is 46.1 Å². The Balaban J connectivity index is 4.03. The van der Waals surface area contributed by atoms with Gasteiger partial charge in [-0.25, -0.2) is 0 Å². The lowest BCUT2D eigenvalue weighted by atomic mass is 10.2. The predicted octanol–water partition coefficient (Wildman–Crippen LogP) is 4.01. The summed E-state index contributed by atoms with van der Waals surface area (Å²) < 4.78 is 1.28. The Labute approximate surface area is 82.5 Å². The molecule has 0 saturated heterocycles. The van der Waals surface area contributed by atoms with E-state index >= 15 is 0 Å². The van der Waals surface area contributed by atoms with E-state index in [2.05, 4.69) is 55.2 Å². The molecule has 60 valence electrons. The smallest absolute Gasteiger partial charge is 0.0125 e. The van der Waals surface area contributed by atoms with Crippen molar-refractivity contribution in [3.8, 4) is 0 Å². The first-order chi connectivity index (χ1) is 5.16. The summed E-state index contributed by atoms with van der Waals surface area (Å²) in [5, 5.41) is 0. The minimum atomic E-state index is 1.22. The normalized spacial score (nSPS) is 14.1. The summed E-state index contributed by atoms with van der Waals surface area (Å²) in [6.07, 6.45) is 9.94. The molecule has 0 heterocycles. The van der Waals surface area contributed by atoms with E-state index in [4.69, 9.17) is 0 Å². The average Bonchev–Trinajstić information content (AvgIpc) is 1.87. The number of halogens is 1. The second-order valence-corrected chi connectivity index (χ2v) is 3.96. The summed E-state index contributed by atoms with van der Waals surface area (Å²) in [5.74, 6) is 0. The van der Waals surface area contributed by atoms with Crippen molar-refractivity contribution in [1.29, 1.82) is 0 Å². The van der Waals surface area contributed by atoms with Gasteiger partial charge in [-0.3, -0.25) is 0 Å². The average molecular weight is 260 g/mol. The maximum atomic E-state index is 3.62. The Morgan fingerprint density at radius 2 is 1.91 bits per heavy atom. The summed E-state index contributed by atoms with van der Waals surface area (Å²) in [6, 6.07) is 0. The monoisotopic (exact) mass is 260 g/mol. The first kappa shape index (κ1) is 10.7. The lowest BCUT2D eigenvalue weighted by Gasteiger charge is -1.85. The van der Waals surface area contributed by atoms with Crippen LogP contribution in [-0.4, -0.2) is 0 Å². The number of allylic oxidation sites excluding steroid dienone is 7. The SMILES string of the molecule is C=C/C=C(C)/C=C/C=C(\C)I. The van der Waals surface area contributed by atoms with E-state index in [1.54, 1.807) is 6.08 Å². The van der Waals surface area contributed by atoms with Gasteiger partial charge in [0.15, 0.2) is 0 Å². The van der Waals surface area contributed by atoms with Crippen LogP contribution in [0.4, 0.5) is 0 Å². The fraction of sp³-hybridized carbons (Fsp3) is 0.200. The summed E-state index contributed by atoms with van der Waals surface area (Å²) in [7, 11) is 0. The van der Waals surface area contributed by atoms with Crippen LogP contribution in [0.25, 0.3) is 0 Å². The van der Waals surface area contributed by atoms with Crippen molar-refractivity contribution in [3.05, 3.63) is 46.1 Å². The molecule has 0 radical (unpaired) electrons. The lowest BCUT2D eigenvalue weighted by Crippen LogP contribution is -1.64. The van der Waals surface area contributed by atoms with E-state index in [9.17, 15) is 0 Å². The quantitative estimate of drug-likeness (QED) is 0.531. The van der Waals surface area contributed by atoms with Gasteiger partial charge in [-0.15, -0.1) is 0 Å². The van der Waals surface area contributed by atoms with E-state index in [1.807, 2.05) is 12.2 Å². The molecule has 0 aliphatic heterocycles. The van der Waals surface area contributed by atoms with Crippen LogP contribution in [0.5, 0.6) is 0 Å². The van der Waals surface area contributed by atoms with E-state index in [-0.39, 0.29) is 0 Å². The molecule has 0 unspecified atom stereocenters. The Bertz CT molecular complexity index is 203. The van der Waals surface area contributed by atoms with Crippen LogP contribution in [0.3, 0.4) is 0 Å². The van der Waals surface area contributed by atoms with Crippen molar-refractivity contribution in [2.24, 2.45) is 0 Å². The third-order valence-corrected chi connectivity index (χ3v) is 1.43. The van der Waals surface area contributed by atoms with E-state index in [0.29, 0.717) is 0 Å². The lowest BCUT2D eigenvalue weighted by molar-refractivity contribution is 1.52. The van der Waals surface area contributed by atoms with Crippen LogP contribution in [-0.2, 0) is 0 Å². The topological polar surface area (TPSA) is 0 Å². The minimum absolute atomic E-state index is 1.22. The first-order valence-corrected chi connectivity index (χ1v) is 4.54. The number of hydrogen-bond acceptors (Lipinski definition) is 0. The summed E-state index contributed by atoms with van der Waals surface area (Å²) in [5.41, 5.74) is 1.22. The summed E-state index contributed by atoms with van der Waals surface area (Å²) >= 11 is 2.28. The van der Waals surface area contributed by atoms with Crippen molar-refractivity contribution >= 4 is 22.6 Å². The molecule has 0 aromatic heterocycles. The van der Waals surface area contributed by atoms with Crippen molar-refractivity contribution in [3.63, 3.8) is 0 Å². The molecular formula is C10H13I. The molecule has 0 amide bonds. The predicted molar refractivity (Wildman–Crippen MR) is 60.9 cm³/mol. The van der Waals surface area contributed by atoms with Gasteiger partial charge in [0.05, 0.1) is 0 Å². The Hall–Kier alpha value is -0.310. The fourth-order valence-corrected chi connectivity index (χ4v) is 0.782. The molecule has 0 atom stereocenters. The summed E-state index contributed by atoms with van der Waals surface area (Å²) in [6.45, 7) is 7.73. The highest BCUT2D eigenvalue weighted by Crippen LogP contribution is 2.03. The van der Waals surface area contributed by atoms with Crippen LogP contribution >= 0.6 is 22.6 Å². The zero-order valence-corrected chi connectivity index (χ0v) is 9.13. The molecular weight excluding hydrogens is 247 g/mol. The standard InChI is InChI=1S/C10H13I/c1-4-6-9(2)7-5-8-10(3)11/h4-8H,1H2,2-3H3/b7-5+,9-6+,10-8+. The second-order valence-electron chi connectivity index (χ2n) is 2.26. The maximum Gasteiger partial charge on any atom is -0.0125 e. The van der Waals surface area contributed by atoms with Crippen molar-refractivity contribution < 1.29 is 0 Å². The van der Waals surface area contributed by atoms with Crippen molar-refractivity contribution in [2.75, 3.05) is 0 Å². The summed E-state index contributed by atoms with van der Waals surface area (Å²) in [4.78, 5) is 0. The molecule has 0 bridgehead atoms. The van der Waals surface area contributed by atoms with Crippen LogP contribution in [0.2, 0.25) is 0 Å². The van der Waals surface area contributed by atoms with Gasteiger partial charge in [0.2, 0.25) is 0 Å². The third kappa shape index (κ3) is 7.59. The molecule has 0 aromatic carbocycles. The van der Waals surface area contributed by atoms with Crippen LogP contribution in [0.1, 0.15) is 13.8 Å². The molecule has 0 fully saturated rings. The Morgan fingerprint density at radius 3 is 2.36 bits per heavy atom. The molecule has 0 rings (SSSR count). The highest BCUT2D eigenvalue weighted by Gasteiger charge is 1.76. The highest BCUT2D eigenvalue weighted by molar-refractivity contribution is 14.1. The van der Waals surface area contributed by atoms with E-state index in [1.165, 1.54) is 9.15 Å². The third-order valence-electron chi connectivity index (χ3n) is 1.07. The number of hydrogen-bond donors (Lipinski definition) is 0. The zero-order chi connectivity index (χ0) is 8.69. The molecule has 1 heteroatoms. The maximum absolute atomic E-state index is 3.62. The van der Waals surface area contributed by atoms with Gasteiger partial charge >= 0.3 is 0 Å². The molecule has 0 aliphatic carbocycles. The molecule has 0 aliphatic rings. The van der Waals surface area contributed by atoms with E-state index < -0.39 is 0 Å². The van der Waals surface area contributed by atoms with Gasteiger partial charge in [0.25, 0.3) is 0 Å². The molecule has 11 heavy (non-hydrogen) atoms. The van der Waals surface area contributed by atoms with Gasteiger partial charge in [0.1, 0.15) is 0 Å². The van der Waals surface area contributed by atoms with Crippen molar-refractivity contribution in [1.82, 2.24) is 0 Å². The molecule has 0 aromatic rings.